The molecule has 5 rings (SSSR count). The van der Waals surface area contributed by atoms with Gasteiger partial charge in [0.2, 0.25) is 5.91 Å². The van der Waals surface area contributed by atoms with Crippen LogP contribution in [0.3, 0.4) is 0 Å². The number of thiophene rings is 1. The van der Waals surface area contributed by atoms with E-state index in [0.29, 0.717) is 21.7 Å². The first-order valence-corrected chi connectivity index (χ1v) is 12.8. The van der Waals surface area contributed by atoms with Gasteiger partial charge in [-0.3, -0.25) is 14.5 Å². The summed E-state index contributed by atoms with van der Waals surface area (Å²) < 4.78 is 19.5. The quantitative estimate of drug-likeness (QED) is 0.315. The number of nitrogens with zero attached hydrogens (tertiary/aromatic N) is 1. The van der Waals surface area contributed by atoms with Crippen LogP contribution in [-0.4, -0.2) is 28.8 Å². The number of rotatable bonds is 8. The van der Waals surface area contributed by atoms with Crippen molar-refractivity contribution in [1.29, 1.82) is 0 Å². The van der Waals surface area contributed by atoms with E-state index < -0.39 is 30.0 Å². The van der Waals surface area contributed by atoms with Crippen LogP contribution in [0.5, 0.6) is 0 Å². The Hall–Kier alpha value is -4.50. The van der Waals surface area contributed by atoms with Gasteiger partial charge >= 0.3 is 6.09 Å². The maximum Gasteiger partial charge on any atom is 0.411 e. The molecule has 1 aromatic heterocycles. The van der Waals surface area contributed by atoms with E-state index in [1.165, 1.54) is 28.4 Å². The number of anilines is 1. The zero-order chi connectivity index (χ0) is 26.5. The van der Waals surface area contributed by atoms with Crippen molar-refractivity contribution in [2.75, 3.05) is 5.32 Å². The van der Waals surface area contributed by atoms with Gasteiger partial charge in [-0.2, -0.15) is 0 Å². The van der Waals surface area contributed by atoms with Crippen LogP contribution in [0.25, 0.3) is 0 Å². The van der Waals surface area contributed by atoms with Gasteiger partial charge < -0.3 is 15.4 Å². The van der Waals surface area contributed by atoms with Crippen molar-refractivity contribution >= 4 is 34.9 Å². The molecule has 3 amide bonds. The summed E-state index contributed by atoms with van der Waals surface area (Å²) in [6.07, 6.45) is -1.57. The second-order valence-corrected chi connectivity index (χ2v) is 9.71. The first kappa shape index (κ1) is 25.2. The summed E-state index contributed by atoms with van der Waals surface area (Å²) in [6.45, 7) is 0.282. The topological polar surface area (TPSA) is 87.7 Å². The molecule has 1 fully saturated rings. The third-order valence-electron chi connectivity index (χ3n) is 6.15. The normalized spacial score (nSPS) is 16.7. The fourth-order valence-electron chi connectivity index (χ4n) is 4.29. The third-order valence-corrected chi connectivity index (χ3v) is 7.02. The number of carbonyl (C=O) groups is 3. The number of benzene rings is 3. The highest BCUT2D eigenvalue weighted by Gasteiger charge is 2.47. The summed E-state index contributed by atoms with van der Waals surface area (Å²) in [5.74, 6) is -1.05. The molecule has 0 bridgehead atoms. The Morgan fingerprint density at radius 3 is 2.39 bits per heavy atom. The average molecular weight is 530 g/mol. The lowest BCUT2D eigenvalue weighted by molar-refractivity contribution is -0.126. The van der Waals surface area contributed by atoms with Crippen molar-refractivity contribution in [3.05, 3.63) is 124 Å². The van der Waals surface area contributed by atoms with Crippen LogP contribution < -0.4 is 10.6 Å². The smallest absolute Gasteiger partial charge is 0.411 e. The van der Waals surface area contributed by atoms with Crippen molar-refractivity contribution in [2.45, 2.75) is 25.2 Å². The van der Waals surface area contributed by atoms with Gasteiger partial charge in [0.25, 0.3) is 5.91 Å². The maximum atomic E-state index is 13.8. The van der Waals surface area contributed by atoms with E-state index in [1.807, 2.05) is 35.7 Å². The first-order valence-electron chi connectivity index (χ1n) is 12.0. The third kappa shape index (κ3) is 5.73. The highest BCUT2D eigenvalue weighted by atomic mass is 32.1. The lowest BCUT2D eigenvalue weighted by atomic mass is 10.00. The standard InChI is InChI=1S/C29H24FN3O4S/c30-22-9-4-8-20(16-22)18-33-25(28(35)31-17-19-6-2-1-3-7-19)26(37-29(33)36)21-11-13-23(14-12-21)32-27(34)24-10-5-15-38-24/h1-16,25-26H,17-18H2,(H,31,35)(H,32,34). The molecule has 2 unspecified atom stereocenters. The van der Waals surface area contributed by atoms with Crippen LogP contribution in [-0.2, 0) is 22.6 Å². The zero-order valence-corrected chi connectivity index (χ0v) is 21.0. The number of nitrogens with one attached hydrogen (secondary N) is 2. The summed E-state index contributed by atoms with van der Waals surface area (Å²) in [5.41, 5.74) is 2.60. The van der Waals surface area contributed by atoms with E-state index in [1.54, 1.807) is 48.5 Å². The van der Waals surface area contributed by atoms with Crippen LogP contribution in [0.15, 0.2) is 96.4 Å². The SMILES string of the molecule is O=C(Nc1ccc(C2OC(=O)N(Cc3cccc(F)c3)C2C(=O)NCc2ccccc2)cc1)c1cccs1. The summed E-state index contributed by atoms with van der Waals surface area (Å²) in [7, 11) is 0. The number of carbonyl (C=O) groups excluding carboxylic acids is 3. The molecular weight excluding hydrogens is 505 g/mol. The van der Waals surface area contributed by atoms with Gasteiger partial charge in [0.1, 0.15) is 5.82 Å². The molecular formula is C29H24FN3O4S. The lowest BCUT2D eigenvalue weighted by Gasteiger charge is -2.24. The molecule has 7 nitrogen and oxygen atoms in total. The molecule has 9 heteroatoms. The van der Waals surface area contributed by atoms with Crippen LogP contribution in [0.1, 0.15) is 32.5 Å². The molecule has 0 aliphatic carbocycles. The van der Waals surface area contributed by atoms with E-state index in [2.05, 4.69) is 10.6 Å². The Morgan fingerprint density at radius 2 is 1.68 bits per heavy atom. The molecule has 1 aliphatic rings. The Balaban J connectivity index is 1.37. The number of cyclic esters (lactones) is 1. The minimum atomic E-state index is -0.985. The number of halogens is 1. The molecule has 38 heavy (non-hydrogen) atoms. The largest absolute Gasteiger partial charge is 0.438 e. The van der Waals surface area contributed by atoms with Gasteiger partial charge in [0, 0.05) is 12.2 Å². The maximum absolute atomic E-state index is 13.8. The summed E-state index contributed by atoms with van der Waals surface area (Å²) in [6, 6.07) is 24.7. The van der Waals surface area contributed by atoms with Crippen LogP contribution >= 0.6 is 11.3 Å². The number of hydrogen-bond acceptors (Lipinski definition) is 5. The Kier molecular flexibility index (Phi) is 7.46. The fourth-order valence-corrected chi connectivity index (χ4v) is 4.91. The molecule has 0 spiro atoms. The van der Waals surface area contributed by atoms with E-state index in [9.17, 15) is 18.8 Å². The fraction of sp³-hybridized carbons (Fsp3) is 0.138. The first-order chi connectivity index (χ1) is 18.5. The van der Waals surface area contributed by atoms with Gasteiger partial charge in [-0.1, -0.05) is 60.7 Å². The number of hydrogen-bond donors (Lipinski definition) is 2. The predicted octanol–water partition coefficient (Wildman–Crippen LogP) is 5.52. The molecule has 2 atom stereocenters. The summed E-state index contributed by atoms with van der Waals surface area (Å²) >= 11 is 1.34. The Bertz CT molecular complexity index is 1430. The lowest BCUT2D eigenvalue weighted by Crippen LogP contribution is -2.46. The van der Waals surface area contributed by atoms with Crippen molar-refractivity contribution in [2.24, 2.45) is 0 Å². The van der Waals surface area contributed by atoms with E-state index >= 15 is 0 Å². The van der Waals surface area contributed by atoms with Crippen molar-refractivity contribution in [3.8, 4) is 0 Å². The predicted molar refractivity (Wildman–Crippen MR) is 142 cm³/mol. The second kappa shape index (κ2) is 11.3. The van der Waals surface area contributed by atoms with Gasteiger partial charge in [0.15, 0.2) is 12.1 Å². The highest BCUT2D eigenvalue weighted by molar-refractivity contribution is 7.12. The van der Waals surface area contributed by atoms with Crippen molar-refractivity contribution in [3.63, 3.8) is 0 Å². The molecule has 4 aromatic rings. The second-order valence-electron chi connectivity index (χ2n) is 8.76. The summed E-state index contributed by atoms with van der Waals surface area (Å²) in [5, 5.41) is 7.55. The summed E-state index contributed by atoms with van der Waals surface area (Å²) in [4.78, 5) is 40.7. The average Bonchev–Trinajstić information content (AvgIpc) is 3.57. The molecule has 3 aromatic carbocycles. The monoisotopic (exact) mass is 529 g/mol. The zero-order valence-electron chi connectivity index (χ0n) is 20.2. The van der Waals surface area contributed by atoms with E-state index in [0.717, 1.165) is 5.56 Å². The van der Waals surface area contributed by atoms with Crippen LogP contribution in [0.4, 0.5) is 14.9 Å². The molecule has 2 heterocycles. The molecule has 1 aliphatic heterocycles. The van der Waals surface area contributed by atoms with Crippen molar-refractivity contribution < 1.29 is 23.5 Å². The van der Waals surface area contributed by atoms with Gasteiger partial charge in [-0.15, -0.1) is 11.3 Å². The molecule has 0 saturated carbocycles. The van der Waals surface area contributed by atoms with Crippen LogP contribution in [0, 0.1) is 5.82 Å². The molecule has 0 radical (unpaired) electrons. The Morgan fingerprint density at radius 1 is 0.921 bits per heavy atom. The number of ether oxygens (including phenoxy) is 1. The van der Waals surface area contributed by atoms with Gasteiger partial charge in [-0.05, 0) is 52.4 Å². The van der Waals surface area contributed by atoms with Gasteiger partial charge in [0.05, 0.1) is 11.4 Å². The molecule has 192 valence electrons. The Labute approximate surface area is 222 Å². The molecule has 1 saturated heterocycles. The van der Waals surface area contributed by atoms with Crippen molar-refractivity contribution in [1.82, 2.24) is 10.2 Å². The van der Waals surface area contributed by atoms with E-state index in [-0.39, 0.29) is 19.0 Å². The minimum Gasteiger partial charge on any atom is -0.438 e. The molecule has 2 N–H and O–H groups in total. The highest BCUT2D eigenvalue weighted by Crippen LogP contribution is 2.34. The van der Waals surface area contributed by atoms with Crippen LogP contribution in [0.2, 0.25) is 0 Å². The number of amides is 3. The van der Waals surface area contributed by atoms with Gasteiger partial charge in [-0.25, -0.2) is 9.18 Å². The minimum absolute atomic E-state index is 0.00543. The van der Waals surface area contributed by atoms with E-state index in [4.69, 9.17) is 4.74 Å².